The number of carbonyl (C=O) groups excluding carboxylic acids is 2. The molecule has 0 aliphatic heterocycles. The third kappa shape index (κ3) is 7.43. The lowest BCUT2D eigenvalue weighted by Crippen LogP contribution is -2.47. The second-order valence-corrected chi connectivity index (χ2v) is 10.4. The van der Waals surface area contributed by atoms with Crippen molar-refractivity contribution in [3.05, 3.63) is 64.1 Å². The first-order valence-corrected chi connectivity index (χ1v) is 12.8. The Morgan fingerprint density at radius 3 is 2.33 bits per heavy atom. The van der Waals surface area contributed by atoms with E-state index in [2.05, 4.69) is 5.32 Å². The van der Waals surface area contributed by atoms with Crippen LogP contribution in [0.3, 0.4) is 0 Å². The monoisotopic (exact) mass is 513 g/mol. The summed E-state index contributed by atoms with van der Waals surface area (Å²) in [6, 6.07) is 12.5. The summed E-state index contributed by atoms with van der Waals surface area (Å²) >= 11 is 12.1. The van der Waals surface area contributed by atoms with Crippen LogP contribution in [0.2, 0.25) is 10.0 Å². The van der Waals surface area contributed by atoms with E-state index in [9.17, 15) is 18.0 Å². The number of rotatable bonds is 11. The molecule has 0 spiro atoms. The van der Waals surface area contributed by atoms with Crippen molar-refractivity contribution in [3.63, 3.8) is 0 Å². The standard InChI is InChI=1S/C23H29Cl2N3O4S/c1-4-26-23(30)17(2)28(16-18-12-13-20(24)21(25)15-18)22(29)11-8-14-27(3)33(31,32)19-9-6-5-7-10-19/h5-7,9-10,12-13,15,17H,4,8,11,14,16H2,1-3H3,(H,26,30)/t17-/m0/s1. The minimum Gasteiger partial charge on any atom is -0.355 e. The van der Waals surface area contributed by atoms with E-state index in [1.165, 1.54) is 28.4 Å². The molecule has 0 radical (unpaired) electrons. The highest BCUT2D eigenvalue weighted by Gasteiger charge is 2.26. The quantitative estimate of drug-likeness (QED) is 0.492. The number of nitrogens with zero attached hydrogens (tertiary/aromatic N) is 2. The number of likely N-dealkylation sites (N-methyl/N-ethyl adjacent to an activating group) is 1. The summed E-state index contributed by atoms with van der Waals surface area (Å²) in [6.07, 6.45) is 0.390. The minimum absolute atomic E-state index is 0.0831. The lowest BCUT2D eigenvalue weighted by Gasteiger charge is -2.29. The van der Waals surface area contributed by atoms with E-state index in [0.29, 0.717) is 23.0 Å². The number of hydrogen-bond donors (Lipinski definition) is 1. The van der Waals surface area contributed by atoms with Crippen LogP contribution in [0.4, 0.5) is 0 Å². The molecule has 7 nitrogen and oxygen atoms in total. The Hall–Kier alpha value is -2.13. The van der Waals surface area contributed by atoms with Crippen LogP contribution in [0.5, 0.6) is 0 Å². The first-order valence-electron chi connectivity index (χ1n) is 10.6. The van der Waals surface area contributed by atoms with E-state index >= 15 is 0 Å². The predicted molar refractivity (Wildman–Crippen MR) is 131 cm³/mol. The van der Waals surface area contributed by atoms with Gasteiger partial charge in [0.25, 0.3) is 0 Å². The molecule has 2 amide bonds. The Morgan fingerprint density at radius 1 is 1.06 bits per heavy atom. The van der Waals surface area contributed by atoms with Crippen molar-refractivity contribution in [1.82, 2.24) is 14.5 Å². The summed E-state index contributed by atoms with van der Waals surface area (Å²) in [5.41, 5.74) is 0.734. The highest BCUT2D eigenvalue weighted by Crippen LogP contribution is 2.24. The number of hydrogen-bond acceptors (Lipinski definition) is 4. The van der Waals surface area contributed by atoms with Gasteiger partial charge in [-0.25, -0.2) is 12.7 Å². The summed E-state index contributed by atoms with van der Waals surface area (Å²) in [7, 11) is -2.15. The summed E-state index contributed by atoms with van der Waals surface area (Å²) in [5.74, 6) is -0.528. The van der Waals surface area contributed by atoms with Gasteiger partial charge < -0.3 is 10.2 Å². The van der Waals surface area contributed by atoms with Gasteiger partial charge in [-0.15, -0.1) is 0 Å². The second kappa shape index (κ2) is 12.4. The molecule has 180 valence electrons. The topological polar surface area (TPSA) is 86.8 Å². The van der Waals surface area contributed by atoms with Gasteiger partial charge in [0, 0.05) is 33.1 Å². The maximum Gasteiger partial charge on any atom is 0.242 e. The highest BCUT2D eigenvalue weighted by molar-refractivity contribution is 7.89. The fourth-order valence-electron chi connectivity index (χ4n) is 3.23. The third-order valence-corrected chi connectivity index (χ3v) is 7.78. The molecular formula is C23H29Cl2N3O4S. The SMILES string of the molecule is CCNC(=O)[C@H](C)N(Cc1ccc(Cl)c(Cl)c1)C(=O)CCCN(C)S(=O)(=O)c1ccccc1. The molecular weight excluding hydrogens is 485 g/mol. The van der Waals surface area contributed by atoms with E-state index in [-0.39, 0.29) is 36.2 Å². The number of benzene rings is 2. The smallest absolute Gasteiger partial charge is 0.242 e. The van der Waals surface area contributed by atoms with Gasteiger partial charge in [0.15, 0.2) is 0 Å². The molecule has 0 aliphatic rings. The maximum atomic E-state index is 13.1. The van der Waals surface area contributed by atoms with Crippen molar-refractivity contribution in [1.29, 1.82) is 0 Å². The normalized spacial score (nSPS) is 12.4. The van der Waals surface area contributed by atoms with Gasteiger partial charge >= 0.3 is 0 Å². The van der Waals surface area contributed by atoms with E-state index in [1.54, 1.807) is 50.2 Å². The van der Waals surface area contributed by atoms with Gasteiger partial charge in [-0.1, -0.05) is 47.5 Å². The molecule has 0 heterocycles. The number of nitrogens with one attached hydrogen (secondary N) is 1. The first-order chi connectivity index (χ1) is 15.6. The number of halogens is 2. The molecule has 0 bridgehead atoms. The summed E-state index contributed by atoms with van der Waals surface area (Å²) in [4.78, 5) is 27.2. The van der Waals surface area contributed by atoms with Crippen molar-refractivity contribution in [2.75, 3.05) is 20.1 Å². The Morgan fingerprint density at radius 2 is 1.73 bits per heavy atom. The number of amides is 2. The van der Waals surface area contributed by atoms with E-state index in [4.69, 9.17) is 23.2 Å². The van der Waals surface area contributed by atoms with Crippen molar-refractivity contribution in [2.24, 2.45) is 0 Å². The molecule has 2 aromatic carbocycles. The van der Waals surface area contributed by atoms with Crippen molar-refractivity contribution in [2.45, 2.75) is 44.2 Å². The fraction of sp³-hybridized carbons (Fsp3) is 0.391. The van der Waals surface area contributed by atoms with Crippen LogP contribution in [0.25, 0.3) is 0 Å². The zero-order chi connectivity index (χ0) is 24.6. The van der Waals surface area contributed by atoms with Gasteiger partial charge in [0.05, 0.1) is 14.9 Å². The molecule has 10 heteroatoms. The molecule has 0 saturated heterocycles. The molecule has 0 fully saturated rings. The molecule has 2 aromatic rings. The molecule has 0 saturated carbocycles. The first kappa shape index (κ1) is 27.1. The van der Waals surface area contributed by atoms with Gasteiger partial charge in [0.1, 0.15) is 6.04 Å². The van der Waals surface area contributed by atoms with Crippen LogP contribution in [-0.2, 0) is 26.2 Å². The summed E-state index contributed by atoms with van der Waals surface area (Å²) in [6.45, 7) is 4.25. The summed E-state index contributed by atoms with van der Waals surface area (Å²) < 4.78 is 26.6. The van der Waals surface area contributed by atoms with Crippen LogP contribution in [0.15, 0.2) is 53.4 Å². The van der Waals surface area contributed by atoms with Crippen LogP contribution in [-0.4, -0.2) is 55.6 Å². The Labute approximate surface area is 205 Å². The highest BCUT2D eigenvalue weighted by atomic mass is 35.5. The molecule has 0 aromatic heterocycles. The Kier molecular flexibility index (Phi) is 10.2. The maximum absolute atomic E-state index is 13.1. The lowest BCUT2D eigenvalue weighted by molar-refractivity contribution is -0.140. The van der Waals surface area contributed by atoms with Crippen molar-refractivity contribution in [3.8, 4) is 0 Å². The van der Waals surface area contributed by atoms with Crippen LogP contribution < -0.4 is 5.32 Å². The van der Waals surface area contributed by atoms with Gasteiger partial charge in [-0.3, -0.25) is 9.59 Å². The average Bonchev–Trinajstić information content (AvgIpc) is 2.79. The fourth-order valence-corrected chi connectivity index (χ4v) is 4.78. The number of sulfonamides is 1. The Balaban J connectivity index is 2.09. The molecule has 33 heavy (non-hydrogen) atoms. The lowest BCUT2D eigenvalue weighted by atomic mass is 10.1. The summed E-state index contributed by atoms with van der Waals surface area (Å²) in [5, 5.41) is 3.49. The molecule has 1 atom stereocenters. The van der Waals surface area contributed by atoms with Crippen molar-refractivity contribution < 1.29 is 18.0 Å². The molecule has 0 unspecified atom stereocenters. The van der Waals surface area contributed by atoms with Crippen LogP contribution >= 0.6 is 23.2 Å². The van der Waals surface area contributed by atoms with E-state index in [1.807, 2.05) is 0 Å². The van der Waals surface area contributed by atoms with Gasteiger partial charge in [-0.05, 0) is 50.1 Å². The molecule has 0 aliphatic carbocycles. The molecule has 1 N–H and O–H groups in total. The number of carbonyl (C=O) groups is 2. The second-order valence-electron chi connectivity index (χ2n) is 7.58. The van der Waals surface area contributed by atoms with Gasteiger partial charge in [-0.2, -0.15) is 0 Å². The van der Waals surface area contributed by atoms with Crippen LogP contribution in [0.1, 0.15) is 32.3 Å². The van der Waals surface area contributed by atoms with E-state index < -0.39 is 16.1 Å². The zero-order valence-corrected chi connectivity index (χ0v) is 21.3. The predicted octanol–water partition coefficient (Wildman–Crippen LogP) is 3.95. The zero-order valence-electron chi connectivity index (χ0n) is 18.9. The average molecular weight is 514 g/mol. The van der Waals surface area contributed by atoms with E-state index in [0.717, 1.165) is 5.56 Å². The molecule has 2 rings (SSSR count). The van der Waals surface area contributed by atoms with Gasteiger partial charge in [0.2, 0.25) is 21.8 Å². The van der Waals surface area contributed by atoms with Crippen LogP contribution in [0, 0.1) is 0 Å². The largest absolute Gasteiger partial charge is 0.355 e. The third-order valence-electron chi connectivity index (χ3n) is 5.17. The Bertz CT molecular complexity index is 1060. The van der Waals surface area contributed by atoms with Crippen molar-refractivity contribution >= 4 is 45.0 Å². The minimum atomic E-state index is -3.63.